The molecule has 1 aromatic heterocycles. The number of alkyl halides is 3. The highest BCUT2D eigenvalue weighted by molar-refractivity contribution is 6.01. The highest BCUT2D eigenvalue weighted by Crippen LogP contribution is 2.35. The van der Waals surface area contributed by atoms with Crippen LogP contribution in [-0.4, -0.2) is 42.3 Å². The first kappa shape index (κ1) is 20.5. The standard InChI is InChI=1S/C20H21F3N4O2/c1-4-27(5-2)16-11-14-13(10-15(16)26-19(28)20(21,22)23)24-18(25-14)12-8-6-7-9-17(12)29-3/h6-11H,4-5H2,1-3H3,(H,24,25)(H,26,28). The minimum absolute atomic E-state index is 0.0570. The first-order valence-electron chi connectivity index (χ1n) is 9.08. The van der Waals surface area contributed by atoms with Crippen LogP contribution in [0.1, 0.15) is 13.8 Å². The van der Waals surface area contributed by atoms with Gasteiger partial charge in [-0.05, 0) is 38.1 Å². The van der Waals surface area contributed by atoms with Gasteiger partial charge < -0.3 is 19.9 Å². The number of fused-ring (bicyclic) bond motifs is 1. The van der Waals surface area contributed by atoms with Crippen molar-refractivity contribution in [3.63, 3.8) is 0 Å². The third-order valence-corrected chi connectivity index (χ3v) is 4.57. The average Bonchev–Trinajstić information content (AvgIpc) is 3.11. The fraction of sp³-hybridized carbons (Fsp3) is 0.300. The summed E-state index contributed by atoms with van der Waals surface area (Å²) in [4.78, 5) is 21.1. The lowest BCUT2D eigenvalue weighted by molar-refractivity contribution is -0.167. The predicted octanol–water partition coefficient (Wildman–Crippen LogP) is 4.59. The summed E-state index contributed by atoms with van der Waals surface area (Å²) in [6, 6.07) is 10.4. The molecule has 1 amide bonds. The first-order valence-corrected chi connectivity index (χ1v) is 9.08. The van der Waals surface area contributed by atoms with Crippen molar-refractivity contribution in [2.24, 2.45) is 0 Å². The number of ether oxygens (including phenoxy) is 1. The molecule has 0 spiro atoms. The normalized spacial score (nSPS) is 11.5. The maximum Gasteiger partial charge on any atom is 0.471 e. The lowest BCUT2D eigenvalue weighted by Gasteiger charge is -2.24. The van der Waals surface area contributed by atoms with E-state index in [2.05, 4.69) is 9.97 Å². The van der Waals surface area contributed by atoms with Crippen LogP contribution in [0.4, 0.5) is 24.5 Å². The van der Waals surface area contributed by atoms with Crippen LogP contribution in [0.5, 0.6) is 5.75 Å². The Labute approximate surface area is 165 Å². The van der Waals surface area contributed by atoms with Gasteiger partial charge in [0, 0.05) is 13.1 Å². The summed E-state index contributed by atoms with van der Waals surface area (Å²) in [5, 5.41) is 1.98. The molecule has 2 N–H and O–H groups in total. The topological polar surface area (TPSA) is 70.2 Å². The zero-order chi connectivity index (χ0) is 21.2. The van der Waals surface area contributed by atoms with Gasteiger partial charge in [0.15, 0.2) is 0 Å². The number of halogens is 3. The van der Waals surface area contributed by atoms with E-state index in [1.807, 2.05) is 42.3 Å². The van der Waals surface area contributed by atoms with Crippen LogP contribution in [0.2, 0.25) is 0 Å². The number of benzene rings is 2. The average molecular weight is 406 g/mol. The molecule has 6 nitrogen and oxygen atoms in total. The molecule has 9 heteroatoms. The Hall–Kier alpha value is -3.23. The Morgan fingerprint density at radius 3 is 2.52 bits per heavy atom. The van der Waals surface area contributed by atoms with E-state index in [1.165, 1.54) is 6.07 Å². The smallest absolute Gasteiger partial charge is 0.471 e. The molecule has 154 valence electrons. The number of rotatable bonds is 6. The van der Waals surface area contributed by atoms with Gasteiger partial charge in [0.1, 0.15) is 11.6 Å². The summed E-state index contributed by atoms with van der Waals surface area (Å²) in [5.41, 5.74) is 2.32. The van der Waals surface area contributed by atoms with E-state index in [4.69, 9.17) is 4.74 Å². The molecule has 2 aromatic carbocycles. The SMILES string of the molecule is CCN(CC)c1cc2[nH]c(-c3ccccc3OC)nc2cc1NC(=O)C(F)(F)F. The number of para-hydroxylation sites is 1. The molecule has 1 heterocycles. The maximum atomic E-state index is 12.8. The van der Waals surface area contributed by atoms with Gasteiger partial charge in [0.05, 0.1) is 35.1 Å². The summed E-state index contributed by atoms with van der Waals surface area (Å²) < 4.78 is 43.7. The maximum absolute atomic E-state index is 12.8. The number of nitrogens with one attached hydrogen (secondary N) is 2. The number of anilines is 2. The Bertz CT molecular complexity index is 1030. The Morgan fingerprint density at radius 2 is 1.90 bits per heavy atom. The van der Waals surface area contributed by atoms with E-state index in [9.17, 15) is 18.0 Å². The van der Waals surface area contributed by atoms with Crippen molar-refractivity contribution in [1.29, 1.82) is 0 Å². The Balaban J connectivity index is 2.14. The van der Waals surface area contributed by atoms with Gasteiger partial charge >= 0.3 is 12.1 Å². The minimum Gasteiger partial charge on any atom is -0.496 e. The van der Waals surface area contributed by atoms with E-state index in [0.717, 1.165) is 5.56 Å². The second-order valence-electron chi connectivity index (χ2n) is 6.30. The summed E-state index contributed by atoms with van der Waals surface area (Å²) >= 11 is 0. The highest BCUT2D eigenvalue weighted by atomic mass is 19.4. The lowest BCUT2D eigenvalue weighted by Crippen LogP contribution is -2.31. The number of carbonyl (C=O) groups excluding carboxylic acids is 1. The number of amides is 1. The molecule has 3 rings (SSSR count). The number of hydrogen-bond acceptors (Lipinski definition) is 4. The van der Waals surface area contributed by atoms with Crippen molar-refractivity contribution in [2.45, 2.75) is 20.0 Å². The number of nitrogens with zero attached hydrogens (tertiary/aromatic N) is 2. The second kappa shape index (κ2) is 8.02. The van der Waals surface area contributed by atoms with Crippen LogP contribution in [0.3, 0.4) is 0 Å². The van der Waals surface area contributed by atoms with E-state index < -0.39 is 12.1 Å². The zero-order valence-electron chi connectivity index (χ0n) is 16.2. The van der Waals surface area contributed by atoms with Gasteiger partial charge in [0.2, 0.25) is 0 Å². The van der Waals surface area contributed by atoms with Crippen LogP contribution >= 0.6 is 0 Å². The van der Waals surface area contributed by atoms with Crippen molar-refractivity contribution in [3.05, 3.63) is 36.4 Å². The van der Waals surface area contributed by atoms with Crippen LogP contribution in [0.15, 0.2) is 36.4 Å². The summed E-state index contributed by atoms with van der Waals surface area (Å²) in [5.74, 6) is -0.894. The molecule has 0 aliphatic rings. The van der Waals surface area contributed by atoms with E-state index in [1.54, 1.807) is 19.2 Å². The van der Waals surface area contributed by atoms with Gasteiger partial charge in [-0.1, -0.05) is 12.1 Å². The molecule has 0 unspecified atom stereocenters. The first-order chi connectivity index (χ1) is 13.8. The molecule has 0 fully saturated rings. The van der Waals surface area contributed by atoms with E-state index in [-0.39, 0.29) is 5.69 Å². The number of aromatic nitrogens is 2. The van der Waals surface area contributed by atoms with E-state index >= 15 is 0 Å². The van der Waals surface area contributed by atoms with Gasteiger partial charge in [-0.25, -0.2) is 4.98 Å². The molecule has 29 heavy (non-hydrogen) atoms. The van der Waals surface area contributed by atoms with E-state index in [0.29, 0.717) is 41.4 Å². The number of aromatic amines is 1. The summed E-state index contributed by atoms with van der Waals surface area (Å²) in [6.07, 6.45) is -4.98. The molecule has 0 saturated heterocycles. The number of imidazole rings is 1. The molecule has 0 aliphatic carbocycles. The quantitative estimate of drug-likeness (QED) is 0.628. The molecule has 0 bridgehead atoms. The van der Waals surface area contributed by atoms with Crippen molar-refractivity contribution in [2.75, 3.05) is 30.4 Å². The molecule has 3 aromatic rings. The second-order valence-corrected chi connectivity index (χ2v) is 6.30. The lowest BCUT2D eigenvalue weighted by atomic mass is 10.2. The van der Waals surface area contributed by atoms with Crippen molar-refractivity contribution in [1.82, 2.24) is 9.97 Å². The monoisotopic (exact) mass is 406 g/mol. The van der Waals surface area contributed by atoms with Gasteiger partial charge in [-0.2, -0.15) is 13.2 Å². The van der Waals surface area contributed by atoms with Gasteiger partial charge in [-0.15, -0.1) is 0 Å². The number of hydrogen-bond donors (Lipinski definition) is 2. The summed E-state index contributed by atoms with van der Waals surface area (Å²) in [7, 11) is 1.55. The predicted molar refractivity (Wildman–Crippen MR) is 106 cm³/mol. The van der Waals surface area contributed by atoms with Gasteiger partial charge in [0.25, 0.3) is 0 Å². The van der Waals surface area contributed by atoms with Crippen molar-refractivity contribution in [3.8, 4) is 17.1 Å². The minimum atomic E-state index is -4.98. The number of carbonyl (C=O) groups is 1. The molecule has 0 atom stereocenters. The Morgan fingerprint density at radius 1 is 1.21 bits per heavy atom. The largest absolute Gasteiger partial charge is 0.496 e. The molecule has 0 radical (unpaired) electrons. The fourth-order valence-electron chi connectivity index (χ4n) is 3.13. The van der Waals surface area contributed by atoms with Crippen LogP contribution in [0.25, 0.3) is 22.4 Å². The van der Waals surface area contributed by atoms with Crippen molar-refractivity contribution < 1.29 is 22.7 Å². The third kappa shape index (κ3) is 4.13. The highest BCUT2D eigenvalue weighted by Gasteiger charge is 2.39. The Kier molecular flexibility index (Phi) is 5.67. The zero-order valence-corrected chi connectivity index (χ0v) is 16.2. The van der Waals surface area contributed by atoms with Crippen LogP contribution in [-0.2, 0) is 4.79 Å². The van der Waals surface area contributed by atoms with Crippen LogP contribution < -0.4 is 15.0 Å². The van der Waals surface area contributed by atoms with Gasteiger partial charge in [-0.3, -0.25) is 4.79 Å². The van der Waals surface area contributed by atoms with Crippen LogP contribution in [0, 0.1) is 0 Å². The molecule has 0 saturated carbocycles. The van der Waals surface area contributed by atoms with Crippen molar-refractivity contribution >= 4 is 28.3 Å². The number of H-pyrrole nitrogens is 1. The molecular formula is C20H21F3N4O2. The molecular weight excluding hydrogens is 385 g/mol. The number of methoxy groups -OCH3 is 1. The fourth-order valence-corrected chi connectivity index (χ4v) is 3.13. The third-order valence-electron chi connectivity index (χ3n) is 4.57. The molecule has 0 aliphatic heterocycles. The summed E-state index contributed by atoms with van der Waals surface area (Å²) in [6.45, 7) is 4.89.